The van der Waals surface area contributed by atoms with Crippen LogP contribution >= 0.6 is 23.2 Å². The quantitative estimate of drug-likeness (QED) is 0.639. The number of benzene rings is 2. The Kier molecular flexibility index (Phi) is 4.30. The van der Waals surface area contributed by atoms with Crippen LogP contribution in [0.4, 0.5) is 6.01 Å². The molecule has 1 saturated carbocycles. The summed E-state index contributed by atoms with van der Waals surface area (Å²) in [6.07, 6.45) is 1.56. The van der Waals surface area contributed by atoms with E-state index in [4.69, 9.17) is 27.7 Å². The van der Waals surface area contributed by atoms with Crippen LogP contribution in [0.5, 0.6) is 0 Å². The molecule has 1 amide bonds. The van der Waals surface area contributed by atoms with Crippen molar-refractivity contribution in [2.75, 3.05) is 5.43 Å². The van der Waals surface area contributed by atoms with E-state index in [9.17, 15) is 4.79 Å². The first kappa shape index (κ1) is 16.9. The van der Waals surface area contributed by atoms with Crippen molar-refractivity contribution in [3.63, 3.8) is 0 Å². The third-order valence-electron chi connectivity index (χ3n) is 4.39. The van der Waals surface area contributed by atoms with E-state index in [0.717, 1.165) is 24.0 Å². The summed E-state index contributed by atoms with van der Waals surface area (Å²) in [4.78, 5) is 16.8. The van der Waals surface area contributed by atoms with Crippen molar-refractivity contribution >= 4 is 35.1 Å². The van der Waals surface area contributed by atoms with Gasteiger partial charge in [-0.05, 0) is 54.8 Å². The van der Waals surface area contributed by atoms with E-state index >= 15 is 0 Å². The lowest BCUT2D eigenvalue weighted by Gasteiger charge is -2.15. The van der Waals surface area contributed by atoms with Gasteiger partial charge >= 0.3 is 6.01 Å². The topological polar surface area (TPSA) is 80.0 Å². The molecule has 2 aromatic carbocycles. The average Bonchev–Trinajstić information content (AvgIpc) is 3.33. The van der Waals surface area contributed by atoms with E-state index in [1.807, 2.05) is 12.1 Å². The molecule has 4 rings (SSSR count). The van der Waals surface area contributed by atoms with Crippen molar-refractivity contribution in [2.24, 2.45) is 0 Å². The SMILES string of the molecule is O=C(NNc1nc(-c2ccc(Cl)cc2)no1)C1(c2ccc(Cl)cc2)CC1. The number of hydrogen-bond acceptors (Lipinski definition) is 5. The molecule has 1 aliphatic rings. The van der Waals surface area contributed by atoms with Crippen molar-refractivity contribution in [2.45, 2.75) is 18.3 Å². The maximum atomic E-state index is 12.6. The number of amides is 1. The highest BCUT2D eigenvalue weighted by atomic mass is 35.5. The Labute approximate surface area is 159 Å². The fourth-order valence-electron chi connectivity index (χ4n) is 2.76. The van der Waals surface area contributed by atoms with Gasteiger partial charge in [-0.25, -0.2) is 5.43 Å². The largest absolute Gasteiger partial charge is 0.340 e. The Morgan fingerprint density at radius 3 is 2.23 bits per heavy atom. The minimum atomic E-state index is -0.531. The van der Waals surface area contributed by atoms with Crippen LogP contribution in [-0.2, 0) is 10.2 Å². The van der Waals surface area contributed by atoms with Crippen molar-refractivity contribution in [1.82, 2.24) is 15.6 Å². The molecule has 0 atom stereocenters. The number of carbonyl (C=O) groups excluding carboxylic acids is 1. The highest BCUT2D eigenvalue weighted by Gasteiger charge is 2.51. The number of halogens is 2. The standard InChI is InChI=1S/C18H14Cl2N4O2/c19-13-5-1-11(2-6-13)15-21-17(26-24-15)23-22-16(25)18(9-10-18)12-3-7-14(20)8-4-12/h1-8H,9-10H2,(H,22,25)(H,21,23,24). The first-order valence-corrected chi connectivity index (χ1v) is 8.75. The molecule has 0 bridgehead atoms. The number of hydrogen-bond donors (Lipinski definition) is 2. The fraction of sp³-hybridized carbons (Fsp3) is 0.167. The van der Waals surface area contributed by atoms with E-state index in [-0.39, 0.29) is 11.9 Å². The molecule has 132 valence electrons. The number of nitrogens with zero attached hydrogens (tertiary/aromatic N) is 2. The lowest BCUT2D eigenvalue weighted by molar-refractivity contribution is -0.123. The van der Waals surface area contributed by atoms with Gasteiger partial charge in [0.25, 0.3) is 0 Å². The first-order valence-electron chi connectivity index (χ1n) is 7.99. The van der Waals surface area contributed by atoms with Crippen LogP contribution < -0.4 is 10.9 Å². The molecule has 1 heterocycles. The molecular weight excluding hydrogens is 375 g/mol. The molecule has 0 aliphatic heterocycles. The van der Waals surface area contributed by atoms with Crippen LogP contribution in [-0.4, -0.2) is 16.0 Å². The van der Waals surface area contributed by atoms with Gasteiger partial charge in [0.15, 0.2) is 0 Å². The van der Waals surface area contributed by atoms with Crippen molar-refractivity contribution < 1.29 is 9.32 Å². The van der Waals surface area contributed by atoms with Gasteiger partial charge in [0.1, 0.15) is 0 Å². The number of hydrazine groups is 1. The maximum Gasteiger partial charge on any atom is 0.340 e. The van der Waals surface area contributed by atoms with Gasteiger partial charge in [0, 0.05) is 15.6 Å². The summed E-state index contributed by atoms with van der Waals surface area (Å²) in [5.41, 5.74) is 6.50. The third kappa shape index (κ3) is 3.25. The zero-order chi connectivity index (χ0) is 18.1. The summed E-state index contributed by atoms with van der Waals surface area (Å²) < 4.78 is 5.12. The minimum Gasteiger partial charge on any atom is -0.313 e. The molecule has 26 heavy (non-hydrogen) atoms. The number of carbonyl (C=O) groups is 1. The number of rotatable bonds is 5. The van der Waals surface area contributed by atoms with Crippen molar-refractivity contribution in [3.8, 4) is 11.4 Å². The van der Waals surface area contributed by atoms with Gasteiger partial charge in [-0.3, -0.25) is 10.2 Å². The molecule has 0 radical (unpaired) electrons. The van der Waals surface area contributed by atoms with Gasteiger partial charge in [-0.2, -0.15) is 4.98 Å². The summed E-state index contributed by atoms with van der Waals surface area (Å²) in [7, 11) is 0. The lowest BCUT2D eigenvalue weighted by Crippen LogP contribution is -2.38. The Morgan fingerprint density at radius 1 is 1.00 bits per heavy atom. The van der Waals surface area contributed by atoms with Gasteiger partial charge in [-0.15, -0.1) is 0 Å². The average molecular weight is 389 g/mol. The van der Waals surface area contributed by atoms with E-state index < -0.39 is 5.41 Å². The normalized spacial score (nSPS) is 14.7. The first-order chi connectivity index (χ1) is 12.6. The summed E-state index contributed by atoms with van der Waals surface area (Å²) in [5.74, 6) is 0.253. The Balaban J connectivity index is 1.42. The van der Waals surface area contributed by atoms with Gasteiger partial charge in [0.2, 0.25) is 11.7 Å². The van der Waals surface area contributed by atoms with Gasteiger partial charge in [-0.1, -0.05) is 40.5 Å². The molecular formula is C18H14Cl2N4O2. The molecule has 0 saturated heterocycles. The van der Waals surface area contributed by atoms with Crippen LogP contribution in [0, 0.1) is 0 Å². The summed E-state index contributed by atoms with van der Waals surface area (Å²) in [6.45, 7) is 0. The predicted octanol–water partition coefficient (Wildman–Crippen LogP) is 4.22. The third-order valence-corrected chi connectivity index (χ3v) is 4.90. The number of anilines is 1. The molecule has 6 nitrogen and oxygen atoms in total. The fourth-order valence-corrected chi connectivity index (χ4v) is 3.01. The Morgan fingerprint density at radius 2 is 1.62 bits per heavy atom. The monoisotopic (exact) mass is 388 g/mol. The van der Waals surface area contributed by atoms with E-state index in [1.165, 1.54) is 0 Å². The highest BCUT2D eigenvalue weighted by molar-refractivity contribution is 6.30. The minimum absolute atomic E-state index is 0.107. The highest BCUT2D eigenvalue weighted by Crippen LogP contribution is 2.48. The Hall–Kier alpha value is -2.57. The molecule has 0 spiro atoms. The molecule has 1 aliphatic carbocycles. The number of aromatic nitrogens is 2. The van der Waals surface area contributed by atoms with Gasteiger partial charge in [0.05, 0.1) is 5.41 Å². The summed E-state index contributed by atoms with van der Waals surface area (Å²) in [6, 6.07) is 14.5. The van der Waals surface area contributed by atoms with Crippen molar-refractivity contribution in [3.05, 3.63) is 64.1 Å². The second kappa shape index (κ2) is 6.63. The molecule has 2 N–H and O–H groups in total. The molecule has 0 unspecified atom stereocenters. The van der Waals surface area contributed by atoms with E-state index in [2.05, 4.69) is 21.0 Å². The smallest absolute Gasteiger partial charge is 0.313 e. The van der Waals surface area contributed by atoms with Crippen LogP contribution in [0.15, 0.2) is 53.1 Å². The van der Waals surface area contributed by atoms with E-state index in [1.54, 1.807) is 36.4 Å². The van der Waals surface area contributed by atoms with Crippen LogP contribution in [0.1, 0.15) is 18.4 Å². The lowest BCUT2D eigenvalue weighted by atomic mass is 9.95. The zero-order valence-corrected chi connectivity index (χ0v) is 15.0. The van der Waals surface area contributed by atoms with Crippen molar-refractivity contribution in [1.29, 1.82) is 0 Å². The summed E-state index contributed by atoms with van der Waals surface area (Å²) in [5, 5.41) is 5.15. The van der Waals surface area contributed by atoms with Crippen LogP contribution in [0.25, 0.3) is 11.4 Å². The molecule has 8 heteroatoms. The second-order valence-corrected chi connectivity index (χ2v) is 6.97. The zero-order valence-electron chi connectivity index (χ0n) is 13.5. The van der Waals surface area contributed by atoms with Crippen LogP contribution in [0.2, 0.25) is 10.0 Å². The van der Waals surface area contributed by atoms with Gasteiger partial charge < -0.3 is 4.52 Å². The second-order valence-electron chi connectivity index (χ2n) is 6.10. The predicted molar refractivity (Wildman–Crippen MR) is 98.9 cm³/mol. The molecule has 3 aromatic rings. The maximum absolute atomic E-state index is 12.6. The van der Waals surface area contributed by atoms with Crippen LogP contribution in [0.3, 0.4) is 0 Å². The molecule has 1 aromatic heterocycles. The molecule has 1 fully saturated rings. The summed E-state index contributed by atoms with van der Waals surface area (Å²) >= 11 is 11.8. The Bertz CT molecular complexity index is 935. The van der Waals surface area contributed by atoms with E-state index in [0.29, 0.717) is 15.9 Å². The number of nitrogens with one attached hydrogen (secondary N) is 2.